The number of nitrogens with zero attached hydrogens (tertiary/aromatic N) is 1. The van der Waals surface area contributed by atoms with Crippen molar-refractivity contribution >= 4 is 11.9 Å². The number of esters is 2. The van der Waals surface area contributed by atoms with Crippen molar-refractivity contribution in [3.63, 3.8) is 0 Å². The average Bonchev–Trinajstić information content (AvgIpc) is 2.51. The van der Waals surface area contributed by atoms with Crippen molar-refractivity contribution in [1.82, 2.24) is 4.98 Å². The van der Waals surface area contributed by atoms with Gasteiger partial charge in [0.2, 0.25) is 0 Å². The van der Waals surface area contributed by atoms with Crippen molar-refractivity contribution < 1.29 is 45.4 Å². The molecule has 0 N–H and O–H groups in total. The first-order valence-electron chi connectivity index (χ1n) is 7.45. The minimum absolute atomic E-state index is 0.324. The minimum atomic E-state index is -5.38. The van der Waals surface area contributed by atoms with Crippen LogP contribution in [0.15, 0.2) is 0 Å². The first-order chi connectivity index (χ1) is 11.9. The molecular weight excluding hydrogens is 372 g/mol. The number of alkyl halides is 6. The number of ether oxygens (including phenoxy) is 2. The highest BCUT2D eigenvalue weighted by molar-refractivity contribution is 5.99. The molecule has 5 nitrogen and oxygen atoms in total. The molecule has 0 aliphatic rings. The molecule has 0 fully saturated rings. The molecule has 0 aliphatic heterocycles. The summed E-state index contributed by atoms with van der Waals surface area (Å²) in [7, 11) is 0. The van der Waals surface area contributed by atoms with Gasteiger partial charge in [-0.3, -0.25) is 0 Å². The fourth-order valence-corrected chi connectivity index (χ4v) is 2.24. The first-order valence-corrected chi connectivity index (χ1v) is 7.45. The smallest absolute Gasteiger partial charge is 0.434 e. The molecule has 1 heterocycles. The standard InChI is InChI=1S/C15H15F6NO4/c1-4-7-8(12(23)25-5-2)10(14(16,17)18)22-11(15(19,20)21)9(7)13(24)26-6-3/h4-6H2,1-3H3. The Balaban J connectivity index is 4.02. The maximum Gasteiger partial charge on any atom is 0.434 e. The van der Waals surface area contributed by atoms with Crippen LogP contribution in [0.2, 0.25) is 0 Å². The second-order valence-corrected chi connectivity index (χ2v) is 4.83. The van der Waals surface area contributed by atoms with Gasteiger partial charge in [0, 0.05) is 0 Å². The quantitative estimate of drug-likeness (QED) is 0.564. The van der Waals surface area contributed by atoms with Crippen molar-refractivity contribution in [1.29, 1.82) is 0 Å². The van der Waals surface area contributed by atoms with Gasteiger partial charge in [0.25, 0.3) is 0 Å². The van der Waals surface area contributed by atoms with E-state index in [1.807, 2.05) is 0 Å². The highest BCUT2D eigenvalue weighted by atomic mass is 19.4. The van der Waals surface area contributed by atoms with Crippen molar-refractivity contribution in [2.45, 2.75) is 39.5 Å². The van der Waals surface area contributed by atoms with Crippen LogP contribution in [-0.4, -0.2) is 30.1 Å². The molecule has 1 aromatic rings. The van der Waals surface area contributed by atoms with Gasteiger partial charge in [0.05, 0.1) is 24.3 Å². The number of rotatable bonds is 5. The molecule has 0 radical (unpaired) electrons. The Morgan fingerprint density at radius 2 is 1.15 bits per heavy atom. The zero-order valence-electron chi connectivity index (χ0n) is 14.0. The van der Waals surface area contributed by atoms with Gasteiger partial charge in [-0.25, -0.2) is 14.6 Å². The zero-order valence-corrected chi connectivity index (χ0v) is 14.0. The van der Waals surface area contributed by atoms with E-state index in [9.17, 15) is 35.9 Å². The first kappa shape index (κ1) is 21.7. The molecule has 1 rings (SSSR count). The molecular formula is C15H15F6NO4. The molecule has 0 aliphatic carbocycles. The molecule has 0 atom stereocenters. The molecule has 11 heteroatoms. The fraction of sp³-hybridized carbons (Fsp3) is 0.533. The van der Waals surface area contributed by atoms with Crippen molar-refractivity contribution in [2.75, 3.05) is 13.2 Å². The summed E-state index contributed by atoms with van der Waals surface area (Å²) in [5, 5.41) is 0. The van der Waals surface area contributed by atoms with Crippen LogP contribution in [0.3, 0.4) is 0 Å². The maximum absolute atomic E-state index is 13.3. The molecule has 0 bridgehead atoms. The number of aromatic nitrogens is 1. The normalized spacial score (nSPS) is 12.0. The van der Waals surface area contributed by atoms with E-state index < -0.39 is 58.8 Å². The lowest BCUT2D eigenvalue weighted by Crippen LogP contribution is -2.28. The molecule has 1 aromatic heterocycles. The predicted molar refractivity (Wildman–Crippen MR) is 75.5 cm³/mol. The lowest BCUT2D eigenvalue weighted by atomic mass is 9.95. The molecule has 26 heavy (non-hydrogen) atoms. The summed E-state index contributed by atoms with van der Waals surface area (Å²) >= 11 is 0. The lowest BCUT2D eigenvalue weighted by molar-refractivity contribution is -0.151. The highest BCUT2D eigenvalue weighted by Gasteiger charge is 2.47. The minimum Gasteiger partial charge on any atom is -0.462 e. The van der Waals surface area contributed by atoms with Gasteiger partial charge in [-0.2, -0.15) is 26.3 Å². The molecule has 0 saturated carbocycles. The van der Waals surface area contributed by atoms with E-state index in [-0.39, 0.29) is 13.2 Å². The molecule has 0 spiro atoms. The van der Waals surface area contributed by atoms with Crippen LogP contribution < -0.4 is 0 Å². The van der Waals surface area contributed by atoms with Gasteiger partial charge in [-0.15, -0.1) is 0 Å². The van der Waals surface area contributed by atoms with Crippen molar-refractivity contribution in [2.24, 2.45) is 0 Å². The summed E-state index contributed by atoms with van der Waals surface area (Å²) in [6.07, 6.45) is -11.2. The van der Waals surface area contributed by atoms with Crippen molar-refractivity contribution in [3.8, 4) is 0 Å². The second-order valence-electron chi connectivity index (χ2n) is 4.83. The Morgan fingerprint density at radius 1 is 0.808 bits per heavy atom. The number of hydrogen-bond donors (Lipinski definition) is 0. The summed E-state index contributed by atoms with van der Waals surface area (Å²) in [6.45, 7) is 3.16. The second kappa shape index (κ2) is 7.92. The number of pyridine rings is 1. The predicted octanol–water partition coefficient (Wildman–Crippen LogP) is 4.04. The average molecular weight is 387 g/mol. The van der Waals surface area contributed by atoms with Gasteiger partial charge in [0.1, 0.15) is 0 Å². The summed E-state index contributed by atoms with van der Waals surface area (Å²) in [6, 6.07) is 0. The summed E-state index contributed by atoms with van der Waals surface area (Å²) in [4.78, 5) is 26.6. The fourth-order valence-electron chi connectivity index (χ4n) is 2.24. The van der Waals surface area contributed by atoms with E-state index in [2.05, 4.69) is 14.5 Å². The van der Waals surface area contributed by atoms with Gasteiger partial charge in [-0.05, 0) is 25.8 Å². The topological polar surface area (TPSA) is 65.5 Å². The number of halogens is 6. The lowest BCUT2D eigenvalue weighted by Gasteiger charge is -2.21. The molecule has 0 amide bonds. The SMILES string of the molecule is CCOC(=O)c1c(C(F)(F)F)nc(C(F)(F)F)c(C(=O)OCC)c1CC. The third-order valence-corrected chi connectivity index (χ3v) is 3.15. The third-order valence-electron chi connectivity index (χ3n) is 3.15. The molecule has 0 aromatic carbocycles. The Labute approximate surface area is 144 Å². The van der Waals surface area contributed by atoms with E-state index in [1.54, 1.807) is 0 Å². The van der Waals surface area contributed by atoms with Crippen LogP contribution in [0, 0.1) is 0 Å². The third kappa shape index (κ3) is 4.44. The number of carbonyl (C=O) groups is 2. The van der Waals surface area contributed by atoms with Gasteiger partial charge in [0.15, 0.2) is 11.4 Å². The van der Waals surface area contributed by atoms with Crippen LogP contribution in [0.5, 0.6) is 0 Å². The van der Waals surface area contributed by atoms with Gasteiger partial charge < -0.3 is 9.47 Å². The van der Waals surface area contributed by atoms with E-state index in [1.165, 1.54) is 20.8 Å². The van der Waals surface area contributed by atoms with Gasteiger partial charge >= 0.3 is 24.3 Å². The van der Waals surface area contributed by atoms with Crippen LogP contribution in [-0.2, 0) is 28.2 Å². The monoisotopic (exact) mass is 387 g/mol. The van der Waals surface area contributed by atoms with Crippen LogP contribution in [0.4, 0.5) is 26.3 Å². The summed E-state index contributed by atoms with van der Waals surface area (Å²) < 4.78 is 88.6. The van der Waals surface area contributed by atoms with Crippen LogP contribution >= 0.6 is 0 Å². The Hall–Kier alpha value is -2.33. The molecule has 0 unspecified atom stereocenters. The van der Waals surface area contributed by atoms with E-state index in [0.717, 1.165) is 0 Å². The maximum atomic E-state index is 13.3. The van der Waals surface area contributed by atoms with Crippen molar-refractivity contribution in [3.05, 3.63) is 28.1 Å². The Bertz CT molecular complexity index is 643. The van der Waals surface area contributed by atoms with Crippen LogP contribution in [0.1, 0.15) is 58.4 Å². The Kier molecular flexibility index (Phi) is 6.61. The largest absolute Gasteiger partial charge is 0.462 e. The van der Waals surface area contributed by atoms with E-state index in [0.29, 0.717) is 0 Å². The number of hydrogen-bond acceptors (Lipinski definition) is 5. The molecule has 0 saturated heterocycles. The zero-order chi connectivity index (χ0) is 20.3. The number of carbonyl (C=O) groups excluding carboxylic acids is 2. The highest BCUT2D eigenvalue weighted by Crippen LogP contribution is 2.40. The molecule has 146 valence electrons. The Morgan fingerprint density at radius 3 is 1.38 bits per heavy atom. The van der Waals surface area contributed by atoms with Crippen LogP contribution in [0.25, 0.3) is 0 Å². The summed E-state index contributed by atoms with van der Waals surface area (Å²) in [5.74, 6) is -3.05. The van der Waals surface area contributed by atoms with E-state index >= 15 is 0 Å². The van der Waals surface area contributed by atoms with Gasteiger partial charge in [-0.1, -0.05) is 6.92 Å². The van der Waals surface area contributed by atoms with E-state index in [4.69, 9.17) is 0 Å². The summed E-state index contributed by atoms with van der Waals surface area (Å²) in [5.41, 5.74) is -7.35.